The summed E-state index contributed by atoms with van der Waals surface area (Å²) in [6.07, 6.45) is 5.63. The molecule has 0 bridgehead atoms. The fraction of sp³-hybridized carbons (Fsp3) is 0.438. The van der Waals surface area contributed by atoms with Crippen LogP contribution in [0.5, 0.6) is 0 Å². The molecule has 0 spiro atoms. The van der Waals surface area contributed by atoms with E-state index in [-0.39, 0.29) is 0 Å². The summed E-state index contributed by atoms with van der Waals surface area (Å²) in [4.78, 5) is 22.3. The Morgan fingerprint density at radius 2 is 2.36 bits per heavy atom. The first-order chi connectivity index (χ1) is 10.7. The van der Waals surface area contributed by atoms with Gasteiger partial charge < -0.3 is 16.0 Å². The monoisotopic (exact) mass is 299 g/mol. The molecule has 1 fully saturated rings. The van der Waals surface area contributed by atoms with Crippen LogP contribution in [0.4, 0.5) is 5.69 Å². The lowest BCUT2D eigenvalue weighted by Gasteiger charge is -2.35. The Labute approximate surface area is 129 Å². The molecule has 0 saturated carbocycles. The van der Waals surface area contributed by atoms with Crippen molar-refractivity contribution < 1.29 is 4.79 Å². The third-order valence-electron chi connectivity index (χ3n) is 4.27. The van der Waals surface area contributed by atoms with Crippen LogP contribution < -0.4 is 16.0 Å². The smallest absolute Gasteiger partial charge is 0.250 e. The van der Waals surface area contributed by atoms with Crippen molar-refractivity contribution in [3.63, 3.8) is 0 Å². The fourth-order valence-corrected chi connectivity index (χ4v) is 3.28. The van der Waals surface area contributed by atoms with Crippen molar-refractivity contribution in [1.29, 1.82) is 0 Å². The number of piperidine rings is 1. The summed E-state index contributed by atoms with van der Waals surface area (Å²) in [6, 6.07) is 3.74. The van der Waals surface area contributed by atoms with Gasteiger partial charge in [0.2, 0.25) is 0 Å². The molecule has 1 aromatic carbocycles. The maximum absolute atomic E-state index is 11.6. The number of anilines is 1. The first kappa shape index (κ1) is 14.7. The summed E-state index contributed by atoms with van der Waals surface area (Å²) in [7, 11) is 1.99. The summed E-state index contributed by atoms with van der Waals surface area (Å²) in [6.45, 7) is 3.03. The van der Waals surface area contributed by atoms with E-state index in [1.165, 1.54) is 19.2 Å². The SMILES string of the molecule is CNCC1CCCN(c2ccc(C(N)=O)c3ncncc23)C1. The lowest BCUT2D eigenvalue weighted by atomic mass is 9.96. The van der Waals surface area contributed by atoms with Gasteiger partial charge in [-0.15, -0.1) is 0 Å². The molecule has 1 aliphatic rings. The Kier molecular flexibility index (Phi) is 4.20. The molecular formula is C16H21N5O. The molecule has 6 nitrogen and oxygen atoms in total. The van der Waals surface area contributed by atoms with E-state index in [2.05, 4.69) is 20.2 Å². The van der Waals surface area contributed by atoms with Crippen molar-refractivity contribution in [1.82, 2.24) is 15.3 Å². The lowest BCUT2D eigenvalue weighted by Crippen LogP contribution is -2.39. The summed E-state index contributed by atoms with van der Waals surface area (Å²) in [5.41, 5.74) is 7.62. The Morgan fingerprint density at radius 1 is 1.50 bits per heavy atom. The number of nitrogens with one attached hydrogen (secondary N) is 1. The first-order valence-corrected chi connectivity index (χ1v) is 7.62. The number of primary amides is 1. The van der Waals surface area contributed by atoms with Gasteiger partial charge in [0, 0.05) is 30.4 Å². The van der Waals surface area contributed by atoms with Gasteiger partial charge in [-0.1, -0.05) is 0 Å². The van der Waals surface area contributed by atoms with Crippen LogP contribution in [0.25, 0.3) is 10.9 Å². The molecule has 1 saturated heterocycles. The quantitative estimate of drug-likeness (QED) is 0.885. The number of amides is 1. The summed E-state index contributed by atoms with van der Waals surface area (Å²) in [5, 5.41) is 4.15. The third-order valence-corrected chi connectivity index (χ3v) is 4.27. The molecule has 1 amide bonds. The van der Waals surface area contributed by atoms with Crippen molar-refractivity contribution in [2.24, 2.45) is 11.7 Å². The summed E-state index contributed by atoms with van der Waals surface area (Å²) < 4.78 is 0. The zero-order valence-corrected chi connectivity index (χ0v) is 12.7. The van der Waals surface area contributed by atoms with Gasteiger partial charge in [-0.05, 0) is 44.5 Å². The van der Waals surface area contributed by atoms with E-state index in [9.17, 15) is 4.79 Å². The van der Waals surface area contributed by atoms with E-state index in [0.717, 1.165) is 30.7 Å². The molecule has 1 aliphatic heterocycles. The number of aromatic nitrogens is 2. The predicted octanol–water partition coefficient (Wildman–Crippen LogP) is 1.16. The van der Waals surface area contributed by atoms with Crippen molar-refractivity contribution in [3.8, 4) is 0 Å². The van der Waals surface area contributed by atoms with E-state index in [1.807, 2.05) is 13.1 Å². The van der Waals surface area contributed by atoms with Crippen molar-refractivity contribution in [2.75, 3.05) is 31.6 Å². The second-order valence-corrected chi connectivity index (χ2v) is 5.79. The van der Waals surface area contributed by atoms with Crippen LogP contribution in [0.1, 0.15) is 23.2 Å². The molecule has 116 valence electrons. The van der Waals surface area contributed by atoms with Gasteiger partial charge in [-0.3, -0.25) is 4.79 Å². The van der Waals surface area contributed by atoms with E-state index in [1.54, 1.807) is 12.3 Å². The van der Waals surface area contributed by atoms with E-state index in [4.69, 9.17) is 5.73 Å². The highest BCUT2D eigenvalue weighted by atomic mass is 16.1. The minimum atomic E-state index is -0.457. The fourth-order valence-electron chi connectivity index (χ4n) is 3.28. The maximum atomic E-state index is 11.6. The number of carbonyl (C=O) groups excluding carboxylic acids is 1. The number of rotatable bonds is 4. The van der Waals surface area contributed by atoms with Crippen LogP contribution in [-0.4, -0.2) is 42.6 Å². The predicted molar refractivity (Wildman–Crippen MR) is 86.9 cm³/mol. The highest BCUT2D eigenvalue weighted by molar-refractivity contribution is 6.07. The van der Waals surface area contributed by atoms with Crippen LogP contribution in [-0.2, 0) is 0 Å². The van der Waals surface area contributed by atoms with Gasteiger partial charge in [0.1, 0.15) is 6.33 Å². The average molecular weight is 299 g/mol. The van der Waals surface area contributed by atoms with Gasteiger partial charge in [0.15, 0.2) is 0 Å². The molecule has 1 atom stereocenters. The lowest BCUT2D eigenvalue weighted by molar-refractivity contribution is 0.100. The molecule has 3 N–H and O–H groups in total. The second kappa shape index (κ2) is 6.27. The minimum absolute atomic E-state index is 0.449. The summed E-state index contributed by atoms with van der Waals surface area (Å²) >= 11 is 0. The van der Waals surface area contributed by atoms with Gasteiger partial charge in [0.05, 0.1) is 11.1 Å². The van der Waals surface area contributed by atoms with Gasteiger partial charge in [-0.2, -0.15) is 0 Å². The van der Waals surface area contributed by atoms with Crippen LogP contribution in [0.2, 0.25) is 0 Å². The number of fused-ring (bicyclic) bond motifs is 1. The highest BCUT2D eigenvalue weighted by Gasteiger charge is 2.22. The molecule has 0 radical (unpaired) electrons. The van der Waals surface area contributed by atoms with Crippen molar-refractivity contribution >= 4 is 22.5 Å². The molecule has 22 heavy (non-hydrogen) atoms. The molecule has 2 aromatic rings. The number of carbonyl (C=O) groups is 1. The Hall–Kier alpha value is -2.21. The van der Waals surface area contributed by atoms with E-state index >= 15 is 0 Å². The topological polar surface area (TPSA) is 84.1 Å². The van der Waals surface area contributed by atoms with E-state index < -0.39 is 5.91 Å². The third kappa shape index (κ3) is 2.74. The van der Waals surface area contributed by atoms with Crippen LogP contribution in [0.3, 0.4) is 0 Å². The Bertz CT molecular complexity index is 685. The molecular weight excluding hydrogens is 278 g/mol. The largest absolute Gasteiger partial charge is 0.371 e. The number of hydrogen-bond acceptors (Lipinski definition) is 5. The molecule has 2 heterocycles. The first-order valence-electron chi connectivity index (χ1n) is 7.62. The molecule has 3 rings (SSSR count). The molecule has 0 aliphatic carbocycles. The number of nitrogens with two attached hydrogens (primary N) is 1. The van der Waals surface area contributed by atoms with Gasteiger partial charge in [0.25, 0.3) is 5.91 Å². The van der Waals surface area contributed by atoms with Crippen molar-refractivity contribution in [3.05, 3.63) is 30.2 Å². The number of hydrogen-bond donors (Lipinski definition) is 2. The van der Waals surface area contributed by atoms with Crippen LogP contribution in [0.15, 0.2) is 24.7 Å². The maximum Gasteiger partial charge on any atom is 0.250 e. The summed E-state index contributed by atoms with van der Waals surface area (Å²) in [5.74, 6) is 0.177. The van der Waals surface area contributed by atoms with Crippen LogP contribution in [0, 0.1) is 5.92 Å². The average Bonchev–Trinajstić information content (AvgIpc) is 2.54. The molecule has 1 aromatic heterocycles. The van der Waals surface area contributed by atoms with Crippen LogP contribution >= 0.6 is 0 Å². The molecule has 6 heteroatoms. The second-order valence-electron chi connectivity index (χ2n) is 5.79. The van der Waals surface area contributed by atoms with Gasteiger partial charge in [-0.25, -0.2) is 9.97 Å². The number of benzene rings is 1. The Morgan fingerprint density at radius 3 is 3.14 bits per heavy atom. The zero-order chi connectivity index (χ0) is 15.5. The minimum Gasteiger partial charge on any atom is -0.371 e. The zero-order valence-electron chi connectivity index (χ0n) is 12.7. The van der Waals surface area contributed by atoms with E-state index in [0.29, 0.717) is 17.0 Å². The Balaban J connectivity index is 2.01. The number of nitrogens with zero attached hydrogens (tertiary/aromatic N) is 3. The van der Waals surface area contributed by atoms with Gasteiger partial charge >= 0.3 is 0 Å². The highest BCUT2D eigenvalue weighted by Crippen LogP contribution is 2.30. The molecule has 1 unspecified atom stereocenters. The normalized spacial score (nSPS) is 18.6. The van der Waals surface area contributed by atoms with Crippen molar-refractivity contribution in [2.45, 2.75) is 12.8 Å². The standard InChI is InChI=1S/C16H21N5O/c1-18-7-11-3-2-6-21(9-11)14-5-4-12(16(17)22)15-13(14)8-19-10-20-15/h4-5,8,10-11,18H,2-3,6-7,9H2,1H3,(H2,17,22).